The molecule has 0 spiro atoms. The van der Waals surface area contributed by atoms with E-state index in [-0.39, 0.29) is 5.91 Å². The molecule has 110 valence electrons. The normalized spacial score (nSPS) is 11.3. The molecule has 0 aliphatic carbocycles. The molecule has 1 N–H and O–H groups in total. The Labute approximate surface area is 128 Å². The van der Waals surface area contributed by atoms with Gasteiger partial charge in [0.1, 0.15) is 5.75 Å². The number of ether oxygens (including phenoxy) is 1. The average molecular weight is 302 g/mol. The highest BCUT2D eigenvalue weighted by Crippen LogP contribution is 2.18. The number of benzene rings is 1. The van der Waals surface area contributed by atoms with E-state index >= 15 is 0 Å². The average Bonchev–Trinajstić information content (AvgIpc) is 3.01. The lowest BCUT2D eigenvalue weighted by Gasteiger charge is -2.06. The molecule has 1 amide bonds. The topological polar surface area (TPSA) is 50.7 Å². The molecule has 0 atom stereocenters. The SMILES string of the molecule is CCc1ccc(C(C)=NNC(=O)c2ccccc2OC)s1. The summed E-state index contributed by atoms with van der Waals surface area (Å²) in [6.45, 7) is 4.00. The summed E-state index contributed by atoms with van der Waals surface area (Å²) in [6, 6.07) is 11.2. The largest absolute Gasteiger partial charge is 0.496 e. The Bertz CT molecular complexity index is 662. The maximum absolute atomic E-state index is 12.1. The monoisotopic (exact) mass is 302 g/mol. The van der Waals surface area contributed by atoms with Crippen molar-refractivity contribution >= 4 is 23.0 Å². The minimum atomic E-state index is -0.279. The fourth-order valence-corrected chi connectivity index (χ4v) is 2.74. The Morgan fingerprint density at radius 2 is 2.05 bits per heavy atom. The number of para-hydroxylation sites is 1. The van der Waals surface area contributed by atoms with Crippen molar-refractivity contribution in [3.63, 3.8) is 0 Å². The number of carbonyl (C=O) groups is 1. The zero-order chi connectivity index (χ0) is 15.2. The molecule has 0 bridgehead atoms. The van der Waals surface area contributed by atoms with E-state index < -0.39 is 0 Å². The molecule has 0 radical (unpaired) electrons. The Balaban J connectivity index is 2.10. The molecule has 1 aromatic heterocycles. The highest BCUT2D eigenvalue weighted by molar-refractivity contribution is 7.14. The maximum Gasteiger partial charge on any atom is 0.275 e. The van der Waals surface area contributed by atoms with Crippen molar-refractivity contribution < 1.29 is 9.53 Å². The van der Waals surface area contributed by atoms with Gasteiger partial charge in [0.2, 0.25) is 0 Å². The lowest BCUT2D eigenvalue weighted by Crippen LogP contribution is -2.19. The molecule has 5 heteroatoms. The van der Waals surface area contributed by atoms with Crippen LogP contribution in [0.25, 0.3) is 0 Å². The van der Waals surface area contributed by atoms with Crippen molar-refractivity contribution in [2.24, 2.45) is 5.10 Å². The first-order chi connectivity index (χ1) is 10.2. The maximum atomic E-state index is 12.1. The van der Waals surface area contributed by atoms with Crippen molar-refractivity contribution in [2.45, 2.75) is 20.3 Å². The molecular formula is C16H18N2O2S. The van der Waals surface area contributed by atoms with E-state index in [1.165, 1.54) is 4.88 Å². The Morgan fingerprint density at radius 1 is 1.29 bits per heavy atom. The summed E-state index contributed by atoms with van der Waals surface area (Å²) in [4.78, 5) is 14.5. The minimum absolute atomic E-state index is 0.279. The van der Waals surface area contributed by atoms with Gasteiger partial charge in [0.25, 0.3) is 5.91 Å². The standard InChI is InChI=1S/C16H18N2O2S/c1-4-12-9-10-15(21-12)11(2)17-18-16(19)13-7-5-6-8-14(13)20-3/h5-10H,4H2,1-3H3,(H,18,19). The van der Waals surface area contributed by atoms with Gasteiger partial charge < -0.3 is 4.74 Å². The third kappa shape index (κ3) is 3.70. The number of thiophene rings is 1. The van der Waals surface area contributed by atoms with Gasteiger partial charge in [-0.15, -0.1) is 11.3 Å². The highest BCUT2D eigenvalue weighted by atomic mass is 32.1. The molecule has 0 aliphatic heterocycles. The van der Waals surface area contributed by atoms with Crippen LogP contribution in [0.5, 0.6) is 5.75 Å². The molecule has 21 heavy (non-hydrogen) atoms. The quantitative estimate of drug-likeness (QED) is 0.679. The van der Waals surface area contributed by atoms with Gasteiger partial charge >= 0.3 is 0 Å². The molecule has 2 rings (SSSR count). The molecular weight excluding hydrogens is 284 g/mol. The number of hydrazone groups is 1. The van der Waals surface area contributed by atoms with Gasteiger partial charge in [-0.2, -0.15) is 5.10 Å². The van der Waals surface area contributed by atoms with Crippen LogP contribution in [-0.2, 0) is 6.42 Å². The van der Waals surface area contributed by atoms with Gasteiger partial charge in [-0.05, 0) is 37.6 Å². The molecule has 0 fully saturated rings. The second-order valence-corrected chi connectivity index (χ2v) is 5.63. The van der Waals surface area contributed by atoms with E-state index in [2.05, 4.69) is 23.5 Å². The third-order valence-electron chi connectivity index (χ3n) is 3.04. The van der Waals surface area contributed by atoms with Crippen LogP contribution in [0.1, 0.15) is 34.0 Å². The predicted octanol–water partition coefficient (Wildman–Crippen LogP) is 3.47. The highest BCUT2D eigenvalue weighted by Gasteiger charge is 2.11. The number of methoxy groups -OCH3 is 1. The zero-order valence-corrected chi connectivity index (χ0v) is 13.2. The number of rotatable bonds is 5. The number of amides is 1. The summed E-state index contributed by atoms with van der Waals surface area (Å²) in [5.41, 5.74) is 3.84. The van der Waals surface area contributed by atoms with E-state index in [0.717, 1.165) is 17.0 Å². The fourth-order valence-electron chi connectivity index (χ4n) is 1.84. The lowest BCUT2D eigenvalue weighted by molar-refractivity contribution is 0.0952. The van der Waals surface area contributed by atoms with Crippen LogP contribution in [-0.4, -0.2) is 18.7 Å². The van der Waals surface area contributed by atoms with Crippen LogP contribution >= 0.6 is 11.3 Å². The molecule has 1 heterocycles. The van der Waals surface area contributed by atoms with Gasteiger partial charge in [0, 0.05) is 4.88 Å². The van der Waals surface area contributed by atoms with Gasteiger partial charge in [-0.1, -0.05) is 19.1 Å². The van der Waals surface area contributed by atoms with Crippen LogP contribution in [0, 0.1) is 0 Å². The Kier molecular flexibility index (Phi) is 5.11. The number of hydrogen-bond donors (Lipinski definition) is 1. The number of nitrogens with zero attached hydrogens (tertiary/aromatic N) is 1. The predicted molar refractivity (Wildman–Crippen MR) is 86.4 cm³/mol. The molecule has 2 aromatic rings. The Hall–Kier alpha value is -2.14. The van der Waals surface area contributed by atoms with Crippen LogP contribution in [0.3, 0.4) is 0 Å². The Morgan fingerprint density at radius 3 is 2.71 bits per heavy atom. The molecule has 0 aliphatic rings. The minimum Gasteiger partial charge on any atom is -0.496 e. The summed E-state index contributed by atoms with van der Waals surface area (Å²) in [5.74, 6) is 0.256. The molecule has 0 saturated carbocycles. The first-order valence-corrected chi connectivity index (χ1v) is 7.54. The second-order valence-electron chi connectivity index (χ2n) is 4.46. The first kappa shape index (κ1) is 15.3. The molecule has 4 nitrogen and oxygen atoms in total. The number of nitrogens with one attached hydrogen (secondary N) is 1. The van der Waals surface area contributed by atoms with E-state index in [4.69, 9.17) is 4.74 Å². The molecule has 0 saturated heterocycles. The lowest BCUT2D eigenvalue weighted by atomic mass is 10.2. The van der Waals surface area contributed by atoms with Gasteiger partial charge in [0.15, 0.2) is 0 Å². The van der Waals surface area contributed by atoms with Crippen molar-refractivity contribution in [1.29, 1.82) is 0 Å². The van der Waals surface area contributed by atoms with Crippen molar-refractivity contribution in [1.82, 2.24) is 5.43 Å². The molecule has 1 aromatic carbocycles. The first-order valence-electron chi connectivity index (χ1n) is 6.72. The van der Waals surface area contributed by atoms with Gasteiger partial charge in [-0.25, -0.2) is 5.43 Å². The zero-order valence-electron chi connectivity index (χ0n) is 12.3. The molecule has 0 unspecified atom stereocenters. The summed E-state index contributed by atoms with van der Waals surface area (Å²) < 4.78 is 5.17. The summed E-state index contributed by atoms with van der Waals surface area (Å²) in [5, 5.41) is 4.17. The summed E-state index contributed by atoms with van der Waals surface area (Å²) >= 11 is 1.69. The van der Waals surface area contributed by atoms with Gasteiger partial charge in [-0.3, -0.25) is 4.79 Å². The summed E-state index contributed by atoms with van der Waals surface area (Å²) in [7, 11) is 1.54. The van der Waals surface area contributed by atoms with E-state index in [0.29, 0.717) is 11.3 Å². The van der Waals surface area contributed by atoms with Crippen molar-refractivity contribution in [3.8, 4) is 5.75 Å². The van der Waals surface area contributed by atoms with Crippen LogP contribution in [0.2, 0.25) is 0 Å². The van der Waals surface area contributed by atoms with Gasteiger partial charge in [0.05, 0.1) is 23.3 Å². The van der Waals surface area contributed by atoms with E-state index in [1.807, 2.05) is 19.1 Å². The van der Waals surface area contributed by atoms with E-state index in [1.54, 1.807) is 36.6 Å². The number of hydrogen-bond acceptors (Lipinski definition) is 4. The van der Waals surface area contributed by atoms with Crippen LogP contribution in [0.15, 0.2) is 41.5 Å². The van der Waals surface area contributed by atoms with Crippen LogP contribution < -0.4 is 10.2 Å². The van der Waals surface area contributed by atoms with Crippen molar-refractivity contribution in [3.05, 3.63) is 51.7 Å². The van der Waals surface area contributed by atoms with Crippen molar-refractivity contribution in [2.75, 3.05) is 7.11 Å². The van der Waals surface area contributed by atoms with Crippen LogP contribution in [0.4, 0.5) is 0 Å². The third-order valence-corrected chi connectivity index (χ3v) is 4.38. The summed E-state index contributed by atoms with van der Waals surface area (Å²) in [6.07, 6.45) is 1.01. The number of carbonyl (C=O) groups excluding carboxylic acids is 1. The van der Waals surface area contributed by atoms with E-state index in [9.17, 15) is 4.79 Å². The second kappa shape index (κ2) is 7.04. The number of aryl methyl sites for hydroxylation is 1. The smallest absolute Gasteiger partial charge is 0.275 e. The fraction of sp³-hybridized carbons (Fsp3) is 0.250.